The van der Waals surface area contributed by atoms with Gasteiger partial charge < -0.3 is 15.4 Å². The van der Waals surface area contributed by atoms with Gasteiger partial charge in [-0.15, -0.1) is 6.58 Å². The summed E-state index contributed by atoms with van der Waals surface area (Å²) in [5, 5.41) is 5.75. The molecule has 0 aliphatic rings. The Balaban J connectivity index is 2.05. The summed E-state index contributed by atoms with van der Waals surface area (Å²) in [6, 6.07) is 16.5. The maximum absolute atomic E-state index is 12.7. The van der Waals surface area contributed by atoms with Crippen LogP contribution in [-0.2, 0) is 9.53 Å². The predicted octanol–water partition coefficient (Wildman–Crippen LogP) is 4.10. The predicted molar refractivity (Wildman–Crippen MR) is 108 cm³/mol. The minimum Gasteiger partial charge on any atom is -0.368 e. The smallest absolute Gasteiger partial charge is 0.253 e. The number of carbonyl (C=O) groups is 2. The highest BCUT2D eigenvalue weighted by Gasteiger charge is 2.18. The van der Waals surface area contributed by atoms with Crippen molar-refractivity contribution in [2.24, 2.45) is 0 Å². The summed E-state index contributed by atoms with van der Waals surface area (Å²) in [6.45, 7) is 7.65. The lowest BCUT2D eigenvalue weighted by molar-refractivity contribution is -0.126. The number of carbonyl (C=O) groups excluding carboxylic acids is 2. The molecule has 2 unspecified atom stereocenters. The molecule has 2 rings (SSSR count). The lowest BCUT2D eigenvalue weighted by atomic mass is 10.1. The van der Waals surface area contributed by atoms with E-state index in [0.717, 1.165) is 5.56 Å². The maximum atomic E-state index is 12.7. The van der Waals surface area contributed by atoms with Gasteiger partial charge in [0, 0.05) is 0 Å². The lowest BCUT2D eigenvalue weighted by Crippen LogP contribution is -2.31. The van der Waals surface area contributed by atoms with Gasteiger partial charge in [-0.3, -0.25) is 9.59 Å². The first-order chi connectivity index (χ1) is 13.0. The fourth-order valence-electron chi connectivity index (χ4n) is 2.53. The van der Waals surface area contributed by atoms with Crippen molar-refractivity contribution in [3.63, 3.8) is 0 Å². The Morgan fingerprint density at radius 3 is 2.44 bits per heavy atom. The van der Waals surface area contributed by atoms with Gasteiger partial charge >= 0.3 is 0 Å². The monoisotopic (exact) mass is 366 g/mol. The number of rotatable bonds is 9. The quantitative estimate of drug-likeness (QED) is 0.519. The minimum atomic E-state index is -0.621. The van der Waals surface area contributed by atoms with Crippen LogP contribution in [-0.4, -0.2) is 24.5 Å². The number of hydrogen-bond donors (Lipinski definition) is 2. The van der Waals surface area contributed by atoms with Gasteiger partial charge in [0.05, 0.1) is 23.9 Å². The highest BCUT2D eigenvalue weighted by molar-refractivity contribution is 6.04. The van der Waals surface area contributed by atoms with Crippen molar-refractivity contribution in [1.82, 2.24) is 5.32 Å². The van der Waals surface area contributed by atoms with E-state index in [-0.39, 0.29) is 17.9 Å². The molecule has 2 N–H and O–H groups in total. The third-order valence-corrected chi connectivity index (χ3v) is 4.14. The maximum Gasteiger partial charge on any atom is 0.253 e. The molecule has 0 aliphatic carbocycles. The van der Waals surface area contributed by atoms with E-state index in [9.17, 15) is 9.59 Å². The zero-order chi connectivity index (χ0) is 19.6. The van der Waals surface area contributed by atoms with Crippen LogP contribution < -0.4 is 10.6 Å². The zero-order valence-electron chi connectivity index (χ0n) is 15.8. The van der Waals surface area contributed by atoms with E-state index in [1.807, 2.05) is 37.3 Å². The van der Waals surface area contributed by atoms with Crippen molar-refractivity contribution >= 4 is 17.5 Å². The van der Waals surface area contributed by atoms with E-state index in [1.165, 1.54) is 0 Å². The normalized spacial score (nSPS) is 12.7. The van der Waals surface area contributed by atoms with Gasteiger partial charge in [0.15, 0.2) is 0 Å². The summed E-state index contributed by atoms with van der Waals surface area (Å²) in [4.78, 5) is 25.0. The topological polar surface area (TPSA) is 67.4 Å². The Morgan fingerprint density at radius 1 is 1.07 bits per heavy atom. The number of hydrogen-bond acceptors (Lipinski definition) is 3. The van der Waals surface area contributed by atoms with Crippen molar-refractivity contribution in [1.29, 1.82) is 0 Å². The van der Waals surface area contributed by atoms with Crippen LogP contribution in [0.2, 0.25) is 0 Å². The molecular formula is C22H26N2O3. The van der Waals surface area contributed by atoms with Crippen LogP contribution in [0.3, 0.4) is 0 Å². The molecule has 0 aromatic heterocycles. The molecule has 0 radical (unpaired) electrons. The Hall–Kier alpha value is -2.92. The highest BCUT2D eigenvalue weighted by atomic mass is 16.5. The number of para-hydroxylation sites is 1. The van der Waals surface area contributed by atoms with Crippen LogP contribution in [0.25, 0.3) is 0 Å². The van der Waals surface area contributed by atoms with Gasteiger partial charge in [-0.2, -0.15) is 0 Å². The molecule has 5 heteroatoms. The molecule has 2 aromatic rings. The first-order valence-corrected chi connectivity index (χ1v) is 9.01. The second-order valence-electron chi connectivity index (χ2n) is 6.23. The summed E-state index contributed by atoms with van der Waals surface area (Å²) in [7, 11) is 0. The fraction of sp³-hybridized carbons (Fsp3) is 0.273. The summed E-state index contributed by atoms with van der Waals surface area (Å²) < 4.78 is 5.46. The molecule has 27 heavy (non-hydrogen) atoms. The molecule has 0 saturated carbocycles. The van der Waals surface area contributed by atoms with Crippen LogP contribution in [0.15, 0.2) is 67.3 Å². The van der Waals surface area contributed by atoms with Gasteiger partial charge in [-0.05, 0) is 38.0 Å². The van der Waals surface area contributed by atoms with E-state index in [4.69, 9.17) is 4.74 Å². The summed E-state index contributed by atoms with van der Waals surface area (Å²) in [5.41, 5.74) is 1.88. The van der Waals surface area contributed by atoms with Crippen LogP contribution in [0, 0.1) is 0 Å². The molecule has 142 valence electrons. The molecule has 2 atom stereocenters. The number of ether oxygens (including phenoxy) is 1. The van der Waals surface area contributed by atoms with Gasteiger partial charge in [0.2, 0.25) is 0 Å². The van der Waals surface area contributed by atoms with E-state index >= 15 is 0 Å². The highest BCUT2D eigenvalue weighted by Crippen LogP contribution is 2.18. The Bertz CT molecular complexity index is 774. The molecule has 0 heterocycles. The molecule has 0 spiro atoms. The van der Waals surface area contributed by atoms with E-state index in [2.05, 4.69) is 17.2 Å². The summed E-state index contributed by atoms with van der Waals surface area (Å²) in [6.07, 6.45) is 1.79. The van der Waals surface area contributed by atoms with Crippen molar-refractivity contribution < 1.29 is 14.3 Å². The van der Waals surface area contributed by atoms with Crippen LogP contribution in [0.4, 0.5) is 5.69 Å². The SMILES string of the molecule is C=CCCOC(C)C(=O)Nc1ccccc1C(=O)NC(C)c1ccccc1. The third kappa shape index (κ3) is 6.08. The Labute approximate surface area is 160 Å². The average Bonchev–Trinajstić information content (AvgIpc) is 2.69. The van der Waals surface area contributed by atoms with E-state index in [1.54, 1.807) is 37.3 Å². The molecule has 0 bridgehead atoms. The van der Waals surface area contributed by atoms with Gasteiger partial charge in [0.1, 0.15) is 6.10 Å². The minimum absolute atomic E-state index is 0.149. The number of benzene rings is 2. The largest absolute Gasteiger partial charge is 0.368 e. The summed E-state index contributed by atoms with van der Waals surface area (Å²) >= 11 is 0. The van der Waals surface area contributed by atoms with Crippen molar-refractivity contribution in [2.45, 2.75) is 32.4 Å². The van der Waals surface area contributed by atoms with Crippen LogP contribution in [0.5, 0.6) is 0 Å². The van der Waals surface area contributed by atoms with Gasteiger partial charge in [-0.1, -0.05) is 48.5 Å². The fourth-order valence-corrected chi connectivity index (χ4v) is 2.53. The molecular weight excluding hydrogens is 340 g/mol. The molecule has 0 saturated heterocycles. The number of amides is 2. The zero-order valence-corrected chi connectivity index (χ0v) is 15.8. The Morgan fingerprint density at radius 2 is 1.74 bits per heavy atom. The lowest BCUT2D eigenvalue weighted by Gasteiger charge is -2.17. The van der Waals surface area contributed by atoms with E-state index < -0.39 is 6.10 Å². The first-order valence-electron chi connectivity index (χ1n) is 9.01. The van der Waals surface area contributed by atoms with Crippen LogP contribution >= 0.6 is 0 Å². The standard InChI is InChI=1S/C22H26N2O3/c1-4-5-15-27-17(3)21(25)24-20-14-10-9-13-19(20)22(26)23-16(2)18-11-7-6-8-12-18/h4,6-14,16-17H,1,5,15H2,2-3H3,(H,23,26)(H,24,25). The van der Waals surface area contributed by atoms with Crippen molar-refractivity contribution in [3.8, 4) is 0 Å². The Kier molecular flexibility index (Phi) is 7.77. The summed E-state index contributed by atoms with van der Waals surface area (Å²) in [5.74, 6) is -0.544. The van der Waals surface area contributed by atoms with Gasteiger partial charge in [-0.25, -0.2) is 0 Å². The molecule has 2 aromatic carbocycles. The van der Waals surface area contributed by atoms with Crippen LogP contribution in [0.1, 0.15) is 42.2 Å². The first kappa shape index (κ1) is 20.4. The van der Waals surface area contributed by atoms with E-state index in [0.29, 0.717) is 24.3 Å². The second kappa shape index (κ2) is 10.3. The second-order valence-corrected chi connectivity index (χ2v) is 6.23. The van der Waals surface area contributed by atoms with Crippen molar-refractivity contribution in [2.75, 3.05) is 11.9 Å². The molecule has 5 nitrogen and oxygen atoms in total. The molecule has 2 amide bonds. The van der Waals surface area contributed by atoms with Crippen molar-refractivity contribution in [3.05, 3.63) is 78.4 Å². The molecule has 0 aliphatic heterocycles. The third-order valence-electron chi connectivity index (χ3n) is 4.14. The molecule has 0 fully saturated rings. The number of anilines is 1. The van der Waals surface area contributed by atoms with Gasteiger partial charge in [0.25, 0.3) is 11.8 Å². The average molecular weight is 366 g/mol. The number of nitrogens with one attached hydrogen (secondary N) is 2.